The van der Waals surface area contributed by atoms with E-state index in [1.807, 2.05) is 20.8 Å². The van der Waals surface area contributed by atoms with Crippen molar-refractivity contribution in [3.8, 4) is 0 Å². The monoisotopic (exact) mass is 318 g/mol. The van der Waals surface area contributed by atoms with Gasteiger partial charge in [-0.2, -0.15) is 0 Å². The number of aromatic nitrogens is 2. The van der Waals surface area contributed by atoms with Gasteiger partial charge in [0.15, 0.2) is 0 Å². The summed E-state index contributed by atoms with van der Waals surface area (Å²) in [6.45, 7) is 5.66. The summed E-state index contributed by atoms with van der Waals surface area (Å²) in [6.07, 6.45) is 1.27. The number of nitro groups is 1. The zero-order chi connectivity index (χ0) is 17.1. The van der Waals surface area contributed by atoms with Crippen molar-refractivity contribution >= 4 is 22.5 Å². The molecule has 1 heterocycles. The summed E-state index contributed by atoms with van der Waals surface area (Å²) in [5, 5.41) is 13.7. The van der Waals surface area contributed by atoms with E-state index in [0.717, 1.165) is 4.57 Å². The molecule has 0 aliphatic heterocycles. The number of amides is 1. The number of rotatable bonds is 5. The first-order chi connectivity index (χ1) is 10.8. The van der Waals surface area contributed by atoms with Crippen LogP contribution in [0.4, 0.5) is 5.69 Å². The van der Waals surface area contributed by atoms with Gasteiger partial charge in [-0.1, -0.05) is 13.8 Å². The highest BCUT2D eigenvalue weighted by Gasteiger charge is 2.14. The molecule has 0 radical (unpaired) electrons. The van der Waals surface area contributed by atoms with Gasteiger partial charge in [0.2, 0.25) is 5.91 Å². The molecule has 8 nitrogen and oxygen atoms in total. The van der Waals surface area contributed by atoms with Crippen LogP contribution in [0, 0.1) is 16.0 Å². The van der Waals surface area contributed by atoms with Gasteiger partial charge >= 0.3 is 0 Å². The third-order valence-electron chi connectivity index (χ3n) is 3.72. The Morgan fingerprint density at radius 3 is 2.70 bits per heavy atom. The zero-order valence-corrected chi connectivity index (χ0v) is 13.1. The lowest BCUT2D eigenvalue weighted by atomic mass is 10.1. The standard InChI is InChI=1S/C15H18N4O4/c1-9(2)10(3)17-14(20)7-18-8-16-13-5-4-11(19(22)23)6-12(13)15(18)21/h4-6,8-10H,7H2,1-3H3,(H,17,20)/t10-/m1/s1. The van der Waals surface area contributed by atoms with E-state index in [0.29, 0.717) is 5.52 Å². The van der Waals surface area contributed by atoms with Gasteiger partial charge in [-0.3, -0.25) is 24.3 Å². The molecule has 0 aliphatic carbocycles. The summed E-state index contributed by atoms with van der Waals surface area (Å²) >= 11 is 0. The van der Waals surface area contributed by atoms with E-state index in [2.05, 4.69) is 10.3 Å². The maximum atomic E-state index is 12.4. The van der Waals surface area contributed by atoms with Crippen LogP contribution in [0.3, 0.4) is 0 Å². The Labute approximate surface area is 132 Å². The number of non-ortho nitro benzene ring substituents is 1. The topological polar surface area (TPSA) is 107 Å². The normalized spacial score (nSPS) is 12.3. The molecule has 1 atom stereocenters. The van der Waals surface area contributed by atoms with Crippen molar-refractivity contribution < 1.29 is 9.72 Å². The van der Waals surface area contributed by atoms with Crippen LogP contribution in [0.5, 0.6) is 0 Å². The third-order valence-corrected chi connectivity index (χ3v) is 3.72. The number of benzene rings is 1. The number of nitrogens with zero attached hydrogens (tertiary/aromatic N) is 3. The zero-order valence-electron chi connectivity index (χ0n) is 13.1. The molecule has 2 aromatic rings. The number of hydrogen-bond donors (Lipinski definition) is 1. The van der Waals surface area contributed by atoms with Gasteiger partial charge in [0.1, 0.15) is 6.54 Å². The van der Waals surface area contributed by atoms with Crippen LogP contribution in [0.1, 0.15) is 20.8 Å². The number of nitro benzene ring substituents is 1. The molecule has 1 aromatic heterocycles. The first-order valence-corrected chi connectivity index (χ1v) is 7.22. The lowest BCUT2D eigenvalue weighted by Gasteiger charge is -2.17. The molecule has 1 N–H and O–H groups in total. The molecule has 0 bridgehead atoms. The summed E-state index contributed by atoms with van der Waals surface area (Å²) in [5.41, 5.74) is -0.314. The van der Waals surface area contributed by atoms with Crippen molar-refractivity contribution in [1.29, 1.82) is 0 Å². The number of nitrogens with one attached hydrogen (secondary N) is 1. The highest BCUT2D eigenvalue weighted by molar-refractivity contribution is 5.81. The molecule has 1 amide bonds. The summed E-state index contributed by atoms with van der Waals surface area (Å²) in [6, 6.07) is 3.86. The Morgan fingerprint density at radius 1 is 1.39 bits per heavy atom. The SMILES string of the molecule is CC(C)[C@@H](C)NC(=O)Cn1cnc2ccc([N+](=O)[O-])cc2c1=O. The molecule has 122 valence electrons. The molecule has 0 spiro atoms. The van der Waals surface area contributed by atoms with Crippen molar-refractivity contribution in [3.05, 3.63) is 45.0 Å². The van der Waals surface area contributed by atoms with Crippen molar-refractivity contribution in [3.63, 3.8) is 0 Å². The summed E-state index contributed by atoms with van der Waals surface area (Å²) in [7, 11) is 0. The predicted molar refractivity (Wildman–Crippen MR) is 85.1 cm³/mol. The van der Waals surface area contributed by atoms with Crippen LogP contribution in [0.2, 0.25) is 0 Å². The summed E-state index contributed by atoms with van der Waals surface area (Å²) in [5.74, 6) is -0.0343. The molecule has 0 saturated carbocycles. The largest absolute Gasteiger partial charge is 0.352 e. The van der Waals surface area contributed by atoms with Gasteiger partial charge in [-0.15, -0.1) is 0 Å². The summed E-state index contributed by atoms with van der Waals surface area (Å²) < 4.78 is 1.15. The smallest absolute Gasteiger partial charge is 0.270 e. The maximum absolute atomic E-state index is 12.4. The van der Waals surface area contributed by atoms with Gasteiger partial charge in [0.05, 0.1) is 22.2 Å². The highest BCUT2D eigenvalue weighted by atomic mass is 16.6. The van der Waals surface area contributed by atoms with E-state index in [1.165, 1.54) is 24.5 Å². The van der Waals surface area contributed by atoms with Crippen LogP contribution in [0.25, 0.3) is 10.9 Å². The molecular formula is C15H18N4O4. The molecule has 0 unspecified atom stereocenters. The fourth-order valence-electron chi connectivity index (χ4n) is 1.99. The fourth-order valence-corrected chi connectivity index (χ4v) is 1.99. The van der Waals surface area contributed by atoms with Gasteiger partial charge in [0.25, 0.3) is 11.2 Å². The minimum atomic E-state index is -0.576. The Bertz CT molecular complexity index is 813. The molecule has 0 aliphatic rings. The Balaban J connectivity index is 2.31. The fraction of sp³-hybridized carbons (Fsp3) is 0.400. The highest BCUT2D eigenvalue weighted by Crippen LogP contribution is 2.16. The Morgan fingerprint density at radius 2 is 2.09 bits per heavy atom. The first-order valence-electron chi connectivity index (χ1n) is 7.22. The van der Waals surface area contributed by atoms with Gasteiger partial charge in [-0.05, 0) is 18.9 Å². The minimum absolute atomic E-state index is 0.0206. The Kier molecular flexibility index (Phi) is 4.73. The van der Waals surface area contributed by atoms with Crippen LogP contribution in [-0.2, 0) is 11.3 Å². The van der Waals surface area contributed by atoms with Crippen LogP contribution in [0.15, 0.2) is 29.3 Å². The van der Waals surface area contributed by atoms with Crippen molar-refractivity contribution in [2.75, 3.05) is 0 Å². The molecule has 23 heavy (non-hydrogen) atoms. The third kappa shape index (κ3) is 3.71. The van der Waals surface area contributed by atoms with Crippen molar-refractivity contribution in [2.24, 2.45) is 5.92 Å². The van der Waals surface area contributed by atoms with Crippen LogP contribution in [-0.4, -0.2) is 26.4 Å². The van der Waals surface area contributed by atoms with E-state index in [1.54, 1.807) is 0 Å². The number of carbonyl (C=O) groups is 1. The van der Waals surface area contributed by atoms with E-state index in [4.69, 9.17) is 0 Å². The second-order valence-electron chi connectivity index (χ2n) is 5.74. The van der Waals surface area contributed by atoms with E-state index in [9.17, 15) is 19.7 Å². The molecular weight excluding hydrogens is 300 g/mol. The number of carbonyl (C=O) groups excluding carboxylic acids is 1. The van der Waals surface area contributed by atoms with Crippen LogP contribution < -0.4 is 10.9 Å². The van der Waals surface area contributed by atoms with Crippen LogP contribution >= 0.6 is 0 Å². The minimum Gasteiger partial charge on any atom is -0.352 e. The van der Waals surface area contributed by atoms with Crippen molar-refractivity contribution in [2.45, 2.75) is 33.4 Å². The summed E-state index contributed by atoms with van der Waals surface area (Å²) in [4.78, 5) is 38.7. The lowest BCUT2D eigenvalue weighted by Crippen LogP contribution is -2.39. The average Bonchev–Trinajstić information content (AvgIpc) is 2.49. The van der Waals surface area contributed by atoms with E-state index < -0.39 is 10.5 Å². The number of fused-ring (bicyclic) bond motifs is 1. The quantitative estimate of drug-likeness (QED) is 0.663. The second-order valence-corrected chi connectivity index (χ2v) is 5.74. The molecule has 2 rings (SSSR count). The van der Waals surface area contributed by atoms with E-state index >= 15 is 0 Å². The second kappa shape index (κ2) is 6.55. The molecule has 8 heteroatoms. The van der Waals surface area contributed by atoms with Gasteiger partial charge in [-0.25, -0.2) is 4.98 Å². The van der Waals surface area contributed by atoms with Gasteiger partial charge < -0.3 is 5.32 Å². The molecule has 0 fully saturated rings. The lowest BCUT2D eigenvalue weighted by molar-refractivity contribution is -0.384. The average molecular weight is 318 g/mol. The first kappa shape index (κ1) is 16.6. The molecule has 1 aromatic carbocycles. The number of hydrogen-bond acceptors (Lipinski definition) is 5. The predicted octanol–water partition coefficient (Wildman–Crippen LogP) is 1.47. The molecule has 0 saturated heterocycles. The van der Waals surface area contributed by atoms with Crippen molar-refractivity contribution in [1.82, 2.24) is 14.9 Å². The van der Waals surface area contributed by atoms with Gasteiger partial charge in [0, 0.05) is 18.2 Å². The maximum Gasteiger partial charge on any atom is 0.270 e. The van der Waals surface area contributed by atoms with E-state index in [-0.39, 0.29) is 35.5 Å². The Hall–Kier alpha value is -2.77.